The topological polar surface area (TPSA) is 30.7 Å². The normalized spacial score (nSPS) is 10.8. The van der Waals surface area contributed by atoms with Crippen molar-refractivity contribution in [3.63, 3.8) is 0 Å². The molecular formula is C16H14ClN3S. The third-order valence-electron chi connectivity index (χ3n) is 3.20. The number of halogens is 1. The molecule has 0 aliphatic heterocycles. The molecule has 0 bridgehead atoms. The number of thioether (sulfide) groups is 1. The Kier molecular flexibility index (Phi) is 4.27. The Morgan fingerprint density at radius 1 is 1.00 bits per heavy atom. The molecule has 0 aliphatic rings. The lowest BCUT2D eigenvalue weighted by Gasteiger charge is -2.10. The van der Waals surface area contributed by atoms with Crippen LogP contribution in [0.15, 0.2) is 59.8 Å². The van der Waals surface area contributed by atoms with Crippen molar-refractivity contribution in [1.29, 1.82) is 0 Å². The first-order valence-electron chi connectivity index (χ1n) is 6.55. The molecule has 0 aliphatic carbocycles. The third-order valence-corrected chi connectivity index (χ3v) is 4.19. The number of aromatic nitrogens is 3. The molecule has 5 heteroatoms. The molecule has 106 valence electrons. The van der Waals surface area contributed by atoms with Gasteiger partial charge in [0.25, 0.3) is 0 Å². The van der Waals surface area contributed by atoms with Crippen molar-refractivity contribution in [2.75, 3.05) is 6.26 Å². The predicted molar refractivity (Wildman–Crippen MR) is 87.8 cm³/mol. The van der Waals surface area contributed by atoms with E-state index in [4.69, 9.17) is 11.6 Å². The van der Waals surface area contributed by atoms with Crippen molar-refractivity contribution >= 4 is 23.4 Å². The van der Waals surface area contributed by atoms with Gasteiger partial charge in [0, 0.05) is 5.56 Å². The van der Waals surface area contributed by atoms with Crippen LogP contribution in [0, 0.1) is 0 Å². The molecule has 3 rings (SSSR count). The molecule has 0 saturated heterocycles. The Balaban J connectivity index is 2.07. The molecular weight excluding hydrogens is 302 g/mol. The van der Waals surface area contributed by atoms with Crippen LogP contribution in [-0.4, -0.2) is 21.0 Å². The van der Waals surface area contributed by atoms with Crippen LogP contribution in [0.4, 0.5) is 0 Å². The van der Waals surface area contributed by atoms with Gasteiger partial charge in [0.2, 0.25) is 0 Å². The number of nitrogens with zero attached hydrogens (tertiary/aromatic N) is 3. The minimum absolute atomic E-state index is 0.687. The summed E-state index contributed by atoms with van der Waals surface area (Å²) in [6.07, 6.45) is 2.00. The van der Waals surface area contributed by atoms with Crippen LogP contribution in [0.25, 0.3) is 11.4 Å². The van der Waals surface area contributed by atoms with Crippen LogP contribution >= 0.6 is 23.4 Å². The van der Waals surface area contributed by atoms with E-state index in [-0.39, 0.29) is 0 Å². The Hall–Kier alpha value is -1.78. The largest absolute Gasteiger partial charge is 0.298 e. The van der Waals surface area contributed by atoms with E-state index in [1.165, 1.54) is 5.56 Å². The van der Waals surface area contributed by atoms with Gasteiger partial charge >= 0.3 is 0 Å². The molecule has 1 aromatic heterocycles. The van der Waals surface area contributed by atoms with Crippen LogP contribution in [0.2, 0.25) is 5.02 Å². The van der Waals surface area contributed by atoms with Crippen LogP contribution in [0.1, 0.15) is 5.56 Å². The molecule has 0 unspecified atom stereocenters. The minimum Gasteiger partial charge on any atom is -0.298 e. The molecule has 0 fully saturated rings. The van der Waals surface area contributed by atoms with Gasteiger partial charge in [0.1, 0.15) is 0 Å². The Morgan fingerprint density at radius 2 is 1.71 bits per heavy atom. The smallest absolute Gasteiger partial charge is 0.191 e. The van der Waals surface area contributed by atoms with Crippen LogP contribution < -0.4 is 0 Å². The standard InChI is InChI=1S/C16H14ClN3S/c1-21-16-19-18-15(13-9-5-6-10-14(13)17)20(16)11-12-7-3-2-4-8-12/h2-10H,11H2,1H3. The zero-order chi connectivity index (χ0) is 14.7. The molecule has 2 aromatic carbocycles. The number of rotatable bonds is 4. The van der Waals surface area contributed by atoms with Gasteiger partial charge in [-0.1, -0.05) is 65.8 Å². The van der Waals surface area contributed by atoms with E-state index in [9.17, 15) is 0 Å². The molecule has 0 spiro atoms. The van der Waals surface area contributed by atoms with Gasteiger partial charge < -0.3 is 0 Å². The van der Waals surface area contributed by atoms with E-state index in [0.717, 1.165) is 23.1 Å². The average molecular weight is 316 g/mol. The summed E-state index contributed by atoms with van der Waals surface area (Å²) in [6.45, 7) is 0.727. The third kappa shape index (κ3) is 2.96. The van der Waals surface area contributed by atoms with Gasteiger partial charge in [-0.3, -0.25) is 4.57 Å². The van der Waals surface area contributed by atoms with E-state index < -0.39 is 0 Å². The monoisotopic (exact) mass is 315 g/mol. The first-order valence-corrected chi connectivity index (χ1v) is 8.16. The van der Waals surface area contributed by atoms with Crippen molar-refractivity contribution in [2.45, 2.75) is 11.7 Å². The summed E-state index contributed by atoms with van der Waals surface area (Å²) in [6, 6.07) is 18.0. The van der Waals surface area contributed by atoms with Gasteiger partial charge in [-0.2, -0.15) is 0 Å². The van der Waals surface area contributed by atoms with Crippen LogP contribution in [0.3, 0.4) is 0 Å². The maximum Gasteiger partial charge on any atom is 0.191 e. The summed E-state index contributed by atoms with van der Waals surface area (Å²) in [5.74, 6) is 0.800. The second kappa shape index (κ2) is 6.33. The predicted octanol–water partition coefficient (Wildman–Crippen LogP) is 4.37. The Labute approximate surface area is 133 Å². The summed E-state index contributed by atoms with van der Waals surface area (Å²) < 4.78 is 2.10. The quantitative estimate of drug-likeness (QED) is 0.670. The summed E-state index contributed by atoms with van der Waals surface area (Å²) in [5.41, 5.74) is 2.11. The van der Waals surface area contributed by atoms with Crippen molar-refractivity contribution in [3.8, 4) is 11.4 Å². The van der Waals surface area contributed by atoms with E-state index in [1.54, 1.807) is 11.8 Å². The Morgan fingerprint density at radius 3 is 2.43 bits per heavy atom. The molecule has 0 saturated carbocycles. The maximum absolute atomic E-state index is 6.30. The lowest BCUT2D eigenvalue weighted by molar-refractivity contribution is 0.716. The fourth-order valence-corrected chi connectivity index (χ4v) is 2.90. The minimum atomic E-state index is 0.687. The Bertz CT molecular complexity index is 740. The van der Waals surface area contributed by atoms with Crippen molar-refractivity contribution < 1.29 is 0 Å². The molecule has 3 aromatic rings. The molecule has 0 N–H and O–H groups in total. The summed E-state index contributed by atoms with van der Waals surface area (Å²) in [5, 5.41) is 10.2. The van der Waals surface area contributed by atoms with E-state index >= 15 is 0 Å². The van der Waals surface area contributed by atoms with Crippen molar-refractivity contribution in [3.05, 3.63) is 65.2 Å². The average Bonchev–Trinajstić information content (AvgIpc) is 2.91. The van der Waals surface area contributed by atoms with Gasteiger partial charge in [0.15, 0.2) is 11.0 Å². The maximum atomic E-state index is 6.30. The zero-order valence-corrected chi connectivity index (χ0v) is 13.1. The molecule has 1 heterocycles. The number of benzene rings is 2. The van der Waals surface area contributed by atoms with Crippen molar-refractivity contribution in [2.24, 2.45) is 0 Å². The second-order valence-corrected chi connectivity index (χ2v) is 5.74. The van der Waals surface area contributed by atoms with E-state index in [1.807, 2.05) is 48.7 Å². The molecule has 3 nitrogen and oxygen atoms in total. The van der Waals surface area contributed by atoms with Gasteiger partial charge in [0.05, 0.1) is 11.6 Å². The fourth-order valence-electron chi connectivity index (χ4n) is 2.19. The second-order valence-electron chi connectivity index (χ2n) is 4.56. The highest BCUT2D eigenvalue weighted by Gasteiger charge is 2.15. The lowest BCUT2D eigenvalue weighted by atomic mass is 10.2. The molecule has 21 heavy (non-hydrogen) atoms. The molecule has 0 radical (unpaired) electrons. The molecule has 0 amide bonds. The molecule has 0 atom stereocenters. The van der Waals surface area contributed by atoms with Gasteiger partial charge in [-0.25, -0.2) is 0 Å². The summed E-state index contributed by atoms with van der Waals surface area (Å²) in [7, 11) is 0. The number of hydrogen-bond acceptors (Lipinski definition) is 3. The fraction of sp³-hybridized carbons (Fsp3) is 0.125. The lowest BCUT2D eigenvalue weighted by Crippen LogP contribution is -2.04. The van der Waals surface area contributed by atoms with Crippen LogP contribution in [0.5, 0.6) is 0 Å². The first kappa shape index (κ1) is 14.2. The SMILES string of the molecule is CSc1nnc(-c2ccccc2Cl)n1Cc1ccccc1. The van der Waals surface area contributed by atoms with Gasteiger partial charge in [-0.15, -0.1) is 10.2 Å². The summed E-state index contributed by atoms with van der Waals surface area (Å²) >= 11 is 7.88. The first-order chi connectivity index (χ1) is 10.3. The zero-order valence-electron chi connectivity index (χ0n) is 11.5. The van der Waals surface area contributed by atoms with Crippen LogP contribution in [-0.2, 0) is 6.54 Å². The highest BCUT2D eigenvalue weighted by Crippen LogP contribution is 2.29. The van der Waals surface area contributed by atoms with E-state index in [2.05, 4.69) is 26.9 Å². The van der Waals surface area contributed by atoms with E-state index in [0.29, 0.717) is 5.02 Å². The highest BCUT2D eigenvalue weighted by molar-refractivity contribution is 7.98. The van der Waals surface area contributed by atoms with Gasteiger partial charge in [-0.05, 0) is 24.0 Å². The summed E-state index contributed by atoms with van der Waals surface area (Å²) in [4.78, 5) is 0. The van der Waals surface area contributed by atoms with Crippen molar-refractivity contribution in [1.82, 2.24) is 14.8 Å². The number of hydrogen-bond donors (Lipinski definition) is 0. The highest BCUT2D eigenvalue weighted by atomic mass is 35.5.